The number of hydrogen-bond donors (Lipinski definition) is 2. The molecule has 1 rings (SSSR count). The summed E-state index contributed by atoms with van der Waals surface area (Å²) in [7, 11) is 0. The van der Waals surface area contributed by atoms with Crippen LogP contribution in [0.3, 0.4) is 0 Å². The minimum Gasteiger partial charge on any atom is -0.393 e. The van der Waals surface area contributed by atoms with Gasteiger partial charge in [0.15, 0.2) is 0 Å². The Labute approximate surface area is 103 Å². The Morgan fingerprint density at radius 1 is 1.12 bits per heavy atom. The second kappa shape index (κ2) is 8.57. The third kappa shape index (κ3) is 7.69. The quantitative estimate of drug-likeness (QED) is 0.858. The Morgan fingerprint density at radius 2 is 1.62 bits per heavy atom. The van der Waals surface area contributed by atoms with Crippen molar-refractivity contribution < 1.29 is 10.2 Å². The molecule has 0 saturated heterocycles. The Morgan fingerprint density at radius 3 is 2.00 bits per heavy atom. The van der Waals surface area contributed by atoms with Crippen molar-refractivity contribution in [1.82, 2.24) is 0 Å². The molecule has 0 heterocycles. The van der Waals surface area contributed by atoms with E-state index in [0.29, 0.717) is 6.42 Å². The van der Waals surface area contributed by atoms with Crippen LogP contribution in [0, 0.1) is 0 Å². The van der Waals surface area contributed by atoms with Crippen molar-refractivity contribution in [3.63, 3.8) is 0 Å². The maximum Gasteiger partial charge on any atom is 0.0552 e. The standard InChI is InChI=1S/C9H11ClO.C4H10O/c1-7(11)6-8-4-2-3-5-9(8)10;1-3-4(2)5/h2-5,7,11H,6H2,1H3;4-5H,3H2,1-2H3/t7-;4-/m11/s1. The number of hydrogen-bond acceptors (Lipinski definition) is 2. The fourth-order valence-corrected chi connectivity index (χ4v) is 1.20. The maximum absolute atomic E-state index is 9.07. The monoisotopic (exact) mass is 244 g/mol. The van der Waals surface area contributed by atoms with Gasteiger partial charge in [-0.2, -0.15) is 0 Å². The molecule has 0 amide bonds. The second-order valence-corrected chi connectivity index (χ2v) is 4.31. The first-order valence-electron chi connectivity index (χ1n) is 5.56. The molecule has 2 nitrogen and oxygen atoms in total. The van der Waals surface area contributed by atoms with E-state index in [2.05, 4.69) is 0 Å². The first-order chi connectivity index (χ1) is 7.47. The van der Waals surface area contributed by atoms with E-state index < -0.39 is 0 Å². The van der Waals surface area contributed by atoms with Crippen LogP contribution in [0.5, 0.6) is 0 Å². The van der Waals surface area contributed by atoms with Crippen LogP contribution in [0.15, 0.2) is 24.3 Å². The van der Waals surface area contributed by atoms with Crippen LogP contribution >= 0.6 is 11.6 Å². The summed E-state index contributed by atoms with van der Waals surface area (Å²) in [5, 5.41) is 18.2. The van der Waals surface area contributed by atoms with Gasteiger partial charge in [-0.3, -0.25) is 0 Å². The Kier molecular flexibility index (Phi) is 8.26. The lowest BCUT2D eigenvalue weighted by Crippen LogP contribution is -2.04. The van der Waals surface area contributed by atoms with Crippen molar-refractivity contribution in [3.05, 3.63) is 34.9 Å². The highest BCUT2D eigenvalue weighted by molar-refractivity contribution is 6.31. The largest absolute Gasteiger partial charge is 0.393 e. The molecule has 0 radical (unpaired) electrons. The fourth-order valence-electron chi connectivity index (χ4n) is 0.982. The van der Waals surface area contributed by atoms with Gasteiger partial charge in [-0.15, -0.1) is 0 Å². The van der Waals surface area contributed by atoms with Crippen molar-refractivity contribution in [1.29, 1.82) is 0 Å². The molecule has 0 aromatic heterocycles. The van der Waals surface area contributed by atoms with Gasteiger partial charge in [0.2, 0.25) is 0 Å². The topological polar surface area (TPSA) is 40.5 Å². The summed E-state index contributed by atoms with van der Waals surface area (Å²) < 4.78 is 0. The van der Waals surface area contributed by atoms with Crippen LogP contribution in [-0.2, 0) is 6.42 Å². The lowest BCUT2D eigenvalue weighted by molar-refractivity contribution is 0.190. The highest BCUT2D eigenvalue weighted by atomic mass is 35.5. The molecule has 16 heavy (non-hydrogen) atoms. The van der Waals surface area contributed by atoms with Crippen LogP contribution in [0.25, 0.3) is 0 Å². The molecular weight excluding hydrogens is 224 g/mol. The average molecular weight is 245 g/mol. The predicted molar refractivity (Wildman–Crippen MR) is 68.8 cm³/mol. The number of rotatable bonds is 3. The summed E-state index contributed by atoms with van der Waals surface area (Å²) in [5.74, 6) is 0. The lowest BCUT2D eigenvalue weighted by atomic mass is 10.1. The van der Waals surface area contributed by atoms with E-state index in [9.17, 15) is 0 Å². The van der Waals surface area contributed by atoms with Crippen molar-refractivity contribution in [2.24, 2.45) is 0 Å². The first kappa shape index (κ1) is 15.4. The van der Waals surface area contributed by atoms with Gasteiger partial charge < -0.3 is 10.2 Å². The van der Waals surface area contributed by atoms with Crippen LogP contribution < -0.4 is 0 Å². The molecule has 0 unspecified atom stereocenters. The third-order valence-electron chi connectivity index (χ3n) is 2.06. The van der Waals surface area contributed by atoms with Gasteiger partial charge in [0.25, 0.3) is 0 Å². The fraction of sp³-hybridized carbons (Fsp3) is 0.538. The summed E-state index contributed by atoms with van der Waals surface area (Å²) in [6.07, 6.45) is 1.05. The highest BCUT2D eigenvalue weighted by Gasteiger charge is 2.01. The number of benzene rings is 1. The van der Waals surface area contributed by atoms with E-state index in [4.69, 9.17) is 21.8 Å². The lowest BCUT2D eigenvalue weighted by Gasteiger charge is -2.05. The Balaban J connectivity index is 0.000000385. The van der Waals surface area contributed by atoms with Crippen molar-refractivity contribution in [3.8, 4) is 0 Å². The van der Waals surface area contributed by atoms with E-state index in [1.54, 1.807) is 13.8 Å². The molecule has 2 atom stereocenters. The molecule has 1 aromatic rings. The minimum atomic E-state index is -0.324. The van der Waals surface area contributed by atoms with Crippen LogP contribution in [0.4, 0.5) is 0 Å². The van der Waals surface area contributed by atoms with E-state index in [-0.39, 0.29) is 12.2 Å². The third-order valence-corrected chi connectivity index (χ3v) is 2.43. The number of aliphatic hydroxyl groups excluding tert-OH is 2. The normalized spacial score (nSPS) is 13.6. The molecular formula is C13H21ClO2. The Bertz CT molecular complexity index is 285. The smallest absolute Gasteiger partial charge is 0.0552 e. The minimum absolute atomic E-state index is 0.116. The molecule has 0 aliphatic rings. The zero-order valence-electron chi connectivity index (χ0n) is 10.2. The van der Waals surface area contributed by atoms with Gasteiger partial charge in [-0.25, -0.2) is 0 Å². The zero-order valence-corrected chi connectivity index (χ0v) is 10.9. The zero-order chi connectivity index (χ0) is 12.6. The number of aliphatic hydroxyl groups is 2. The van der Waals surface area contributed by atoms with E-state index in [1.165, 1.54) is 0 Å². The second-order valence-electron chi connectivity index (χ2n) is 3.90. The summed E-state index contributed by atoms with van der Waals surface area (Å²) in [6.45, 7) is 5.48. The molecule has 1 aromatic carbocycles. The van der Waals surface area contributed by atoms with Crippen molar-refractivity contribution in [2.45, 2.75) is 45.8 Å². The molecule has 92 valence electrons. The van der Waals surface area contributed by atoms with E-state index >= 15 is 0 Å². The van der Waals surface area contributed by atoms with Gasteiger partial charge in [-0.1, -0.05) is 36.7 Å². The summed E-state index contributed by atoms with van der Waals surface area (Å²) in [6, 6.07) is 7.56. The van der Waals surface area contributed by atoms with Gasteiger partial charge in [0, 0.05) is 5.02 Å². The summed E-state index contributed by atoms with van der Waals surface area (Å²) >= 11 is 5.86. The summed E-state index contributed by atoms with van der Waals surface area (Å²) in [5.41, 5.74) is 1.00. The molecule has 0 saturated carbocycles. The van der Waals surface area contributed by atoms with Gasteiger partial charge in [0.1, 0.15) is 0 Å². The van der Waals surface area contributed by atoms with Gasteiger partial charge in [-0.05, 0) is 38.3 Å². The van der Waals surface area contributed by atoms with Gasteiger partial charge >= 0.3 is 0 Å². The SMILES string of the molecule is CC[C@@H](C)O.C[C@@H](O)Cc1ccccc1Cl. The highest BCUT2D eigenvalue weighted by Crippen LogP contribution is 2.16. The molecule has 2 N–H and O–H groups in total. The molecule has 0 aliphatic heterocycles. The van der Waals surface area contributed by atoms with E-state index in [0.717, 1.165) is 17.0 Å². The van der Waals surface area contributed by atoms with E-state index in [1.807, 2.05) is 31.2 Å². The predicted octanol–water partition coefficient (Wildman–Crippen LogP) is 3.04. The van der Waals surface area contributed by atoms with Crippen LogP contribution in [0.1, 0.15) is 32.8 Å². The molecule has 3 heteroatoms. The molecule has 0 bridgehead atoms. The van der Waals surface area contributed by atoms with Gasteiger partial charge in [0.05, 0.1) is 12.2 Å². The van der Waals surface area contributed by atoms with Crippen molar-refractivity contribution in [2.75, 3.05) is 0 Å². The first-order valence-corrected chi connectivity index (χ1v) is 5.94. The Hall–Kier alpha value is -0.570. The van der Waals surface area contributed by atoms with Crippen LogP contribution in [0.2, 0.25) is 5.02 Å². The molecule has 0 aliphatic carbocycles. The maximum atomic E-state index is 9.07. The van der Waals surface area contributed by atoms with Crippen LogP contribution in [-0.4, -0.2) is 22.4 Å². The summed E-state index contributed by atoms with van der Waals surface area (Å²) in [4.78, 5) is 0. The molecule has 0 fully saturated rings. The number of halogens is 1. The molecule has 0 spiro atoms. The average Bonchev–Trinajstić information content (AvgIpc) is 2.22. The van der Waals surface area contributed by atoms with Crippen molar-refractivity contribution >= 4 is 11.6 Å².